The van der Waals surface area contributed by atoms with Crippen LogP contribution in [0.15, 0.2) is 0 Å². The van der Waals surface area contributed by atoms with Gasteiger partial charge in [0.05, 0.1) is 17.4 Å². The third-order valence-electron chi connectivity index (χ3n) is 3.55. The van der Waals surface area contributed by atoms with E-state index in [1.54, 1.807) is 18.5 Å². The van der Waals surface area contributed by atoms with Crippen molar-refractivity contribution in [2.75, 3.05) is 6.61 Å². The molecule has 0 aliphatic rings. The van der Waals surface area contributed by atoms with Gasteiger partial charge in [0.25, 0.3) is 5.91 Å². The zero-order valence-corrected chi connectivity index (χ0v) is 15.0. The van der Waals surface area contributed by atoms with Gasteiger partial charge in [-0.05, 0) is 27.7 Å². The monoisotopic (exact) mass is 352 g/mol. The van der Waals surface area contributed by atoms with Crippen molar-refractivity contribution in [3.05, 3.63) is 27.0 Å². The number of aryl methyl sites for hydroxylation is 3. The molecule has 0 fully saturated rings. The summed E-state index contributed by atoms with van der Waals surface area (Å²) in [5.41, 5.74) is 2.01. The van der Waals surface area contributed by atoms with E-state index in [0.717, 1.165) is 22.7 Å². The van der Waals surface area contributed by atoms with Gasteiger partial charge in [-0.25, -0.2) is 9.78 Å². The van der Waals surface area contributed by atoms with Crippen molar-refractivity contribution in [1.29, 1.82) is 0 Å². The predicted octanol–water partition coefficient (Wildman–Crippen LogP) is 1.76. The molecule has 9 heteroatoms. The molecule has 1 atom stereocenters. The van der Waals surface area contributed by atoms with E-state index in [1.165, 1.54) is 0 Å². The molecule has 24 heavy (non-hydrogen) atoms. The number of carbonyl (C=O) groups excluding carboxylic acids is 1. The van der Waals surface area contributed by atoms with E-state index in [1.807, 2.05) is 20.9 Å². The normalized spacial score (nSPS) is 12.0. The van der Waals surface area contributed by atoms with E-state index in [4.69, 9.17) is 9.84 Å². The van der Waals surface area contributed by atoms with Gasteiger partial charge in [0.1, 0.15) is 15.6 Å². The van der Waals surface area contributed by atoms with Crippen molar-refractivity contribution in [3.63, 3.8) is 0 Å². The Hall–Kier alpha value is -2.42. The fourth-order valence-electron chi connectivity index (χ4n) is 2.25. The lowest BCUT2D eigenvalue weighted by molar-refractivity contribution is -0.123. The molecule has 0 saturated heterocycles. The number of carboxylic acid groups (broad SMARTS) is 1. The molecule has 2 heterocycles. The second kappa shape index (κ2) is 7.00. The van der Waals surface area contributed by atoms with Crippen LogP contribution in [0, 0.1) is 20.8 Å². The minimum Gasteiger partial charge on any atom is -0.480 e. The van der Waals surface area contributed by atoms with Crippen LogP contribution in [0.5, 0.6) is 5.75 Å². The van der Waals surface area contributed by atoms with E-state index < -0.39 is 12.0 Å². The standard InChI is InChI=1S/C15H20N4O4S/c1-7-12(10(4)19(5)18-7)23-6-11(20)16-9(3)14-17-8(2)13(24-14)15(21)22/h9H,6H2,1-5H3,(H,16,20)(H,21,22). The van der Waals surface area contributed by atoms with Crippen molar-refractivity contribution < 1.29 is 19.4 Å². The number of aromatic nitrogens is 3. The Labute approximate surface area is 143 Å². The summed E-state index contributed by atoms with van der Waals surface area (Å²) < 4.78 is 7.24. The molecule has 2 aromatic heterocycles. The zero-order chi connectivity index (χ0) is 18.0. The van der Waals surface area contributed by atoms with Crippen molar-refractivity contribution in [1.82, 2.24) is 20.1 Å². The number of nitrogens with one attached hydrogen (secondary N) is 1. The molecule has 8 nitrogen and oxygen atoms in total. The van der Waals surface area contributed by atoms with Crippen LogP contribution in [0.25, 0.3) is 0 Å². The Balaban J connectivity index is 1.97. The van der Waals surface area contributed by atoms with Crippen LogP contribution >= 0.6 is 11.3 Å². The van der Waals surface area contributed by atoms with Crippen LogP contribution < -0.4 is 10.1 Å². The van der Waals surface area contributed by atoms with E-state index in [9.17, 15) is 9.59 Å². The Kier molecular flexibility index (Phi) is 5.23. The molecule has 2 rings (SSSR count). The molecular weight excluding hydrogens is 332 g/mol. The maximum absolute atomic E-state index is 12.1. The highest BCUT2D eigenvalue weighted by Gasteiger charge is 2.20. The Morgan fingerprint density at radius 1 is 1.33 bits per heavy atom. The second-order valence-corrected chi connectivity index (χ2v) is 6.50. The number of aromatic carboxylic acids is 1. The lowest BCUT2D eigenvalue weighted by Gasteiger charge is -2.12. The first-order valence-electron chi connectivity index (χ1n) is 7.33. The highest BCUT2D eigenvalue weighted by atomic mass is 32.1. The molecule has 0 bridgehead atoms. The van der Waals surface area contributed by atoms with E-state index in [0.29, 0.717) is 16.5 Å². The Morgan fingerprint density at radius 3 is 2.50 bits per heavy atom. The van der Waals surface area contributed by atoms with Gasteiger partial charge < -0.3 is 15.2 Å². The Morgan fingerprint density at radius 2 is 2.00 bits per heavy atom. The fraction of sp³-hybridized carbons (Fsp3) is 0.467. The van der Waals surface area contributed by atoms with Gasteiger partial charge in [-0.2, -0.15) is 5.10 Å². The number of carbonyl (C=O) groups is 2. The van der Waals surface area contributed by atoms with Crippen LogP contribution in [0.2, 0.25) is 0 Å². The second-order valence-electron chi connectivity index (χ2n) is 5.47. The largest absolute Gasteiger partial charge is 0.480 e. The summed E-state index contributed by atoms with van der Waals surface area (Å²) in [4.78, 5) is 27.5. The first kappa shape index (κ1) is 17.9. The molecule has 0 radical (unpaired) electrons. The van der Waals surface area contributed by atoms with Crippen molar-refractivity contribution >= 4 is 23.2 Å². The van der Waals surface area contributed by atoms with Gasteiger partial charge in [0, 0.05) is 7.05 Å². The van der Waals surface area contributed by atoms with Crippen LogP contribution in [-0.2, 0) is 11.8 Å². The number of amides is 1. The lowest BCUT2D eigenvalue weighted by atomic mass is 10.3. The number of hydrogen-bond acceptors (Lipinski definition) is 6. The average molecular weight is 352 g/mol. The minimum absolute atomic E-state index is 0.145. The highest BCUT2D eigenvalue weighted by molar-refractivity contribution is 7.13. The maximum Gasteiger partial charge on any atom is 0.347 e. The van der Waals surface area contributed by atoms with Crippen LogP contribution in [-0.4, -0.2) is 38.4 Å². The van der Waals surface area contributed by atoms with Gasteiger partial charge in [0.2, 0.25) is 0 Å². The summed E-state index contributed by atoms with van der Waals surface area (Å²) >= 11 is 1.06. The van der Waals surface area contributed by atoms with E-state index in [2.05, 4.69) is 15.4 Å². The fourth-order valence-corrected chi connectivity index (χ4v) is 3.15. The topological polar surface area (TPSA) is 106 Å². The van der Waals surface area contributed by atoms with Crippen molar-refractivity contribution in [2.45, 2.75) is 33.7 Å². The van der Waals surface area contributed by atoms with Crippen molar-refractivity contribution in [2.24, 2.45) is 7.05 Å². The van der Waals surface area contributed by atoms with E-state index in [-0.39, 0.29) is 17.4 Å². The number of rotatable bonds is 6. The average Bonchev–Trinajstić information content (AvgIpc) is 2.99. The SMILES string of the molecule is Cc1nc(C(C)NC(=O)COc2c(C)nn(C)c2C)sc1C(=O)O. The van der Waals surface area contributed by atoms with Crippen molar-refractivity contribution in [3.8, 4) is 5.75 Å². The summed E-state index contributed by atoms with van der Waals surface area (Å²) in [5.74, 6) is -0.728. The van der Waals surface area contributed by atoms with Gasteiger partial charge in [-0.3, -0.25) is 9.48 Å². The third kappa shape index (κ3) is 3.73. The molecular formula is C15H20N4O4S. The van der Waals surface area contributed by atoms with E-state index >= 15 is 0 Å². The molecule has 0 aliphatic heterocycles. The highest BCUT2D eigenvalue weighted by Crippen LogP contribution is 2.24. The number of ether oxygens (including phenoxy) is 1. The molecule has 1 amide bonds. The number of hydrogen-bond donors (Lipinski definition) is 2. The molecule has 0 saturated carbocycles. The summed E-state index contributed by atoms with van der Waals surface area (Å²) in [6.07, 6.45) is 0. The van der Waals surface area contributed by atoms with Gasteiger partial charge in [-0.15, -0.1) is 11.3 Å². The summed E-state index contributed by atoms with van der Waals surface area (Å²) in [7, 11) is 1.81. The molecule has 0 spiro atoms. The minimum atomic E-state index is -1.01. The zero-order valence-electron chi connectivity index (χ0n) is 14.2. The molecule has 1 unspecified atom stereocenters. The summed E-state index contributed by atoms with van der Waals surface area (Å²) in [6, 6.07) is -0.394. The number of thiazole rings is 1. The first-order valence-corrected chi connectivity index (χ1v) is 8.15. The van der Waals surface area contributed by atoms with Gasteiger partial charge >= 0.3 is 5.97 Å². The van der Waals surface area contributed by atoms with Crippen LogP contribution in [0.3, 0.4) is 0 Å². The molecule has 130 valence electrons. The van der Waals surface area contributed by atoms with Gasteiger partial charge in [-0.1, -0.05) is 0 Å². The smallest absolute Gasteiger partial charge is 0.347 e. The quantitative estimate of drug-likeness (QED) is 0.820. The molecule has 2 aromatic rings. The van der Waals surface area contributed by atoms with Crippen LogP contribution in [0.1, 0.15) is 44.7 Å². The summed E-state index contributed by atoms with van der Waals surface area (Å²) in [5, 5.41) is 16.6. The first-order chi connectivity index (χ1) is 11.2. The predicted molar refractivity (Wildman–Crippen MR) is 88.5 cm³/mol. The molecule has 2 N–H and O–H groups in total. The molecule has 0 aromatic carbocycles. The number of carboxylic acids is 1. The number of nitrogens with zero attached hydrogens (tertiary/aromatic N) is 3. The van der Waals surface area contributed by atoms with Gasteiger partial charge in [0.15, 0.2) is 12.4 Å². The maximum atomic E-state index is 12.1. The Bertz CT molecular complexity index is 781. The summed E-state index contributed by atoms with van der Waals surface area (Å²) in [6.45, 7) is 6.92. The van der Waals surface area contributed by atoms with Crippen LogP contribution in [0.4, 0.5) is 0 Å². The molecule has 0 aliphatic carbocycles. The third-order valence-corrected chi connectivity index (χ3v) is 4.87. The lowest BCUT2D eigenvalue weighted by Crippen LogP contribution is -2.31.